The Morgan fingerprint density at radius 1 is 1.46 bits per heavy atom. The summed E-state index contributed by atoms with van der Waals surface area (Å²) in [7, 11) is 0. The first-order chi connectivity index (χ1) is 6.24. The molecule has 0 spiro atoms. The molecule has 1 saturated heterocycles. The summed E-state index contributed by atoms with van der Waals surface area (Å²) in [6.45, 7) is 3.75. The standard InChI is InChI=1S/C10H19NO2/c1-9(13)11-6-4-10(5-7-11)3-2-8-12/h10,12H,2-8H2,1H3. The number of rotatable bonds is 3. The molecular formula is C10H19NO2. The molecule has 0 saturated carbocycles. The van der Waals surface area contributed by atoms with Crippen molar-refractivity contribution in [3.63, 3.8) is 0 Å². The number of aliphatic hydroxyl groups is 1. The topological polar surface area (TPSA) is 40.5 Å². The highest BCUT2D eigenvalue weighted by Crippen LogP contribution is 2.21. The second-order valence-electron chi connectivity index (χ2n) is 3.82. The first-order valence-corrected chi connectivity index (χ1v) is 5.10. The van der Waals surface area contributed by atoms with Gasteiger partial charge in [-0.05, 0) is 31.6 Å². The summed E-state index contributed by atoms with van der Waals surface area (Å²) in [5.74, 6) is 0.920. The molecule has 0 aromatic carbocycles. The predicted molar refractivity (Wildman–Crippen MR) is 51.3 cm³/mol. The zero-order chi connectivity index (χ0) is 9.68. The van der Waals surface area contributed by atoms with Crippen LogP contribution >= 0.6 is 0 Å². The molecule has 0 unspecified atom stereocenters. The molecule has 13 heavy (non-hydrogen) atoms. The maximum atomic E-state index is 11.0. The van der Waals surface area contributed by atoms with E-state index in [1.54, 1.807) is 6.92 Å². The molecule has 3 nitrogen and oxygen atoms in total. The lowest BCUT2D eigenvalue weighted by Crippen LogP contribution is -2.36. The van der Waals surface area contributed by atoms with Gasteiger partial charge < -0.3 is 10.0 Å². The molecule has 1 fully saturated rings. The molecule has 0 aliphatic carbocycles. The third-order valence-corrected chi connectivity index (χ3v) is 2.83. The van der Waals surface area contributed by atoms with Gasteiger partial charge in [0.25, 0.3) is 0 Å². The number of nitrogens with zero attached hydrogens (tertiary/aromatic N) is 1. The van der Waals surface area contributed by atoms with Crippen LogP contribution in [0.2, 0.25) is 0 Å². The summed E-state index contributed by atoms with van der Waals surface area (Å²) in [6, 6.07) is 0. The van der Waals surface area contributed by atoms with Crippen LogP contribution in [-0.2, 0) is 4.79 Å². The van der Waals surface area contributed by atoms with Crippen molar-refractivity contribution in [3.8, 4) is 0 Å². The molecule has 0 aromatic rings. The maximum absolute atomic E-state index is 11.0. The first-order valence-electron chi connectivity index (χ1n) is 5.10. The normalized spacial score (nSPS) is 19.1. The first kappa shape index (κ1) is 10.5. The lowest BCUT2D eigenvalue weighted by molar-refractivity contribution is -0.130. The molecule has 1 aliphatic rings. The van der Waals surface area contributed by atoms with Gasteiger partial charge in [-0.3, -0.25) is 4.79 Å². The molecule has 0 radical (unpaired) electrons. The van der Waals surface area contributed by atoms with Gasteiger partial charge in [0.2, 0.25) is 5.91 Å². The Kier molecular flexibility index (Phi) is 4.22. The minimum atomic E-state index is 0.195. The van der Waals surface area contributed by atoms with Gasteiger partial charge in [0.15, 0.2) is 0 Å². The Morgan fingerprint density at radius 3 is 2.54 bits per heavy atom. The lowest BCUT2D eigenvalue weighted by atomic mass is 9.92. The highest BCUT2D eigenvalue weighted by atomic mass is 16.2. The van der Waals surface area contributed by atoms with Gasteiger partial charge in [-0.15, -0.1) is 0 Å². The zero-order valence-electron chi connectivity index (χ0n) is 8.33. The number of aliphatic hydroxyl groups excluding tert-OH is 1. The van der Waals surface area contributed by atoms with E-state index in [9.17, 15) is 4.79 Å². The van der Waals surface area contributed by atoms with Crippen LogP contribution in [0.4, 0.5) is 0 Å². The molecule has 1 aliphatic heterocycles. The van der Waals surface area contributed by atoms with Crippen LogP contribution in [0.15, 0.2) is 0 Å². The fraction of sp³-hybridized carbons (Fsp3) is 0.900. The third kappa shape index (κ3) is 3.35. The van der Waals surface area contributed by atoms with Crippen molar-refractivity contribution < 1.29 is 9.90 Å². The summed E-state index contributed by atoms with van der Waals surface area (Å²) in [6.07, 6.45) is 4.24. The fourth-order valence-electron chi connectivity index (χ4n) is 1.92. The monoisotopic (exact) mass is 185 g/mol. The van der Waals surface area contributed by atoms with Crippen LogP contribution in [0.5, 0.6) is 0 Å². The zero-order valence-corrected chi connectivity index (χ0v) is 8.33. The maximum Gasteiger partial charge on any atom is 0.219 e. The fourth-order valence-corrected chi connectivity index (χ4v) is 1.92. The Labute approximate surface area is 79.7 Å². The van der Waals surface area contributed by atoms with Gasteiger partial charge in [0, 0.05) is 26.6 Å². The van der Waals surface area contributed by atoms with E-state index in [0.29, 0.717) is 6.61 Å². The van der Waals surface area contributed by atoms with Gasteiger partial charge in [0.05, 0.1) is 0 Å². The molecule has 0 atom stereocenters. The summed E-state index contributed by atoms with van der Waals surface area (Å²) in [5.41, 5.74) is 0. The third-order valence-electron chi connectivity index (χ3n) is 2.83. The molecule has 1 amide bonds. The molecule has 1 N–H and O–H groups in total. The van der Waals surface area contributed by atoms with Crippen molar-refractivity contribution in [2.75, 3.05) is 19.7 Å². The second-order valence-corrected chi connectivity index (χ2v) is 3.82. The molecule has 76 valence electrons. The summed E-state index contributed by atoms with van der Waals surface area (Å²) in [5, 5.41) is 8.67. The Morgan fingerprint density at radius 2 is 2.08 bits per heavy atom. The van der Waals surface area contributed by atoms with Gasteiger partial charge in [-0.2, -0.15) is 0 Å². The smallest absolute Gasteiger partial charge is 0.219 e. The SMILES string of the molecule is CC(=O)N1CCC(CCCO)CC1. The number of carbonyl (C=O) groups is 1. The van der Waals surface area contributed by atoms with Crippen LogP contribution in [0.3, 0.4) is 0 Å². The second kappa shape index (κ2) is 5.22. The van der Waals surface area contributed by atoms with E-state index in [-0.39, 0.29) is 5.91 Å². The summed E-state index contributed by atoms with van der Waals surface area (Å²) in [4.78, 5) is 12.9. The number of hydrogen-bond acceptors (Lipinski definition) is 2. The van der Waals surface area contributed by atoms with Crippen LogP contribution in [0, 0.1) is 5.92 Å². The van der Waals surface area contributed by atoms with Gasteiger partial charge in [0.1, 0.15) is 0 Å². The van der Waals surface area contributed by atoms with Crippen molar-refractivity contribution in [1.82, 2.24) is 4.90 Å². The van der Waals surface area contributed by atoms with E-state index in [1.165, 1.54) is 0 Å². The van der Waals surface area contributed by atoms with Gasteiger partial charge in [-0.25, -0.2) is 0 Å². The number of amides is 1. The molecule has 1 heterocycles. The largest absolute Gasteiger partial charge is 0.396 e. The number of carbonyl (C=O) groups excluding carboxylic acids is 1. The van der Waals surface area contributed by atoms with Gasteiger partial charge in [-0.1, -0.05) is 0 Å². The van der Waals surface area contributed by atoms with E-state index < -0.39 is 0 Å². The minimum Gasteiger partial charge on any atom is -0.396 e. The van der Waals surface area contributed by atoms with E-state index >= 15 is 0 Å². The summed E-state index contributed by atoms with van der Waals surface area (Å²) < 4.78 is 0. The quantitative estimate of drug-likeness (QED) is 0.713. The molecule has 0 aromatic heterocycles. The van der Waals surface area contributed by atoms with Crippen LogP contribution < -0.4 is 0 Å². The highest BCUT2D eigenvalue weighted by Gasteiger charge is 2.19. The van der Waals surface area contributed by atoms with Crippen LogP contribution in [-0.4, -0.2) is 35.6 Å². The average Bonchev–Trinajstić information content (AvgIpc) is 2.15. The Hall–Kier alpha value is -0.570. The molecule has 1 rings (SSSR count). The molecule has 3 heteroatoms. The lowest BCUT2D eigenvalue weighted by Gasteiger charge is -2.31. The average molecular weight is 185 g/mol. The van der Waals surface area contributed by atoms with Crippen molar-refractivity contribution >= 4 is 5.91 Å². The molecular weight excluding hydrogens is 166 g/mol. The van der Waals surface area contributed by atoms with E-state index in [2.05, 4.69) is 0 Å². The number of hydrogen-bond donors (Lipinski definition) is 1. The van der Waals surface area contributed by atoms with Gasteiger partial charge >= 0.3 is 0 Å². The van der Waals surface area contributed by atoms with Crippen LogP contribution in [0.25, 0.3) is 0 Å². The summed E-state index contributed by atoms with van der Waals surface area (Å²) >= 11 is 0. The van der Waals surface area contributed by atoms with Crippen LogP contribution in [0.1, 0.15) is 32.6 Å². The number of piperidine rings is 1. The van der Waals surface area contributed by atoms with E-state index in [0.717, 1.165) is 44.7 Å². The van der Waals surface area contributed by atoms with E-state index in [4.69, 9.17) is 5.11 Å². The highest BCUT2D eigenvalue weighted by molar-refractivity contribution is 5.73. The van der Waals surface area contributed by atoms with Crippen molar-refractivity contribution in [2.24, 2.45) is 5.92 Å². The molecule has 0 bridgehead atoms. The van der Waals surface area contributed by atoms with Crippen molar-refractivity contribution in [1.29, 1.82) is 0 Å². The minimum absolute atomic E-state index is 0.195. The number of likely N-dealkylation sites (tertiary alicyclic amines) is 1. The van der Waals surface area contributed by atoms with Crippen molar-refractivity contribution in [2.45, 2.75) is 32.6 Å². The van der Waals surface area contributed by atoms with E-state index in [1.807, 2.05) is 4.90 Å². The predicted octanol–water partition coefficient (Wildman–Crippen LogP) is 1.02. The Bertz CT molecular complexity index is 162. The van der Waals surface area contributed by atoms with Crippen molar-refractivity contribution in [3.05, 3.63) is 0 Å². The Balaban J connectivity index is 2.18.